The van der Waals surface area contributed by atoms with E-state index in [-0.39, 0.29) is 5.56 Å². The van der Waals surface area contributed by atoms with Crippen molar-refractivity contribution in [3.8, 4) is 0 Å². The monoisotopic (exact) mass is 302 g/mol. The Kier molecular flexibility index (Phi) is 3.40. The number of amides is 1. The van der Waals surface area contributed by atoms with Crippen molar-refractivity contribution in [3.63, 3.8) is 0 Å². The van der Waals surface area contributed by atoms with Crippen molar-refractivity contribution in [2.45, 2.75) is 13.0 Å². The Morgan fingerprint density at radius 2 is 2.14 bits per heavy atom. The molecule has 0 saturated carbocycles. The number of nitrogens with one attached hydrogen (secondary N) is 1. The molecule has 9 heteroatoms. The second-order valence-corrected chi connectivity index (χ2v) is 5.10. The molecule has 2 aromatic heterocycles. The van der Waals surface area contributed by atoms with E-state index in [0.29, 0.717) is 16.0 Å². The first-order valence-electron chi connectivity index (χ1n) is 6.08. The molecule has 1 aromatic carbocycles. The van der Waals surface area contributed by atoms with Crippen LogP contribution in [-0.4, -0.2) is 31.1 Å². The molecule has 0 saturated heterocycles. The number of aromatic nitrogens is 5. The summed E-state index contributed by atoms with van der Waals surface area (Å²) < 4.78 is 1.05. The van der Waals surface area contributed by atoms with Gasteiger partial charge in [-0.25, -0.2) is 0 Å². The fraction of sp³-hybridized carbons (Fsp3) is 0.167. The van der Waals surface area contributed by atoms with Crippen LogP contribution in [0, 0.1) is 0 Å². The third-order valence-electron chi connectivity index (χ3n) is 2.93. The van der Waals surface area contributed by atoms with E-state index in [0.717, 1.165) is 4.68 Å². The van der Waals surface area contributed by atoms with Gasteiger partial charge in [-0.1, -0.05) is 28.7 Å². The summed E-state index contributed by atoms with van der Waals surface area (Å²) in [6.07, 6.45) is 0. The van der Waals surface area contributed by atoms with E-state index in [4.69, 9.17) is 0 Å². The predicted molar refractivity (Wildman–Crippen MR) is 77.0 cm³/mol. The van der Waals surface area contributed by atoms with Gasteiger partial charge in [-0.2, -0.15) is 4.68 Å². The third kappa shape index (κ3) is 2.50. The number of hydrogen-bond acceptors (Lipinski definition) is 7. The zero-order chi connectivity index (χ0) is 14.8. The molecule has 8 nitrogen and oxygen atoms in total. The first-order valence-corrected chi connectivity index (χ1v) is 6.96. The third-order valence-corrected chi connectivity index (χ3v) is 3.53. The van der Waals surface area contributed by atoms with Crippen LogP contribution in [0.1, 0.15) is 13.0 Å². The summed E-state index contributed by atoms with van der Waals surface area (Å²) in [5, 5.41) is 18.5. The Bertz CT molecular complexity index is 844. The van der Waals surface area contributed by atoms with E-state index in [1.54, 1.807) is 31.2 Å². The zero-order valence-electron chi connectivity index (χ0n) is 10.9. The van der Waals surface area contributed by atoms with Crippen molar-refractivity contribution < 1.29 is 4.79 Å². The molecular weight excluding hydrogens is 292 g/mol. The largest absolute Gasteiger partial charge is 0.299 e. The first-order chi connectivity index (χ1) is 10.2. The van der Waals surface area contributed by atoms with Crippen molar-refractivity contribution in [1.82, 2.24) is 25.2 Å². The van der Waals surface area contributed by atoms with E-state index in [9.17, 15) is 9.59 Å². The maximum Gasteiger partial charge on any atom is 0.278 e. The van der Waals surface area contributed by atoms with Gasteiger partial charge < -0.3 is 0 Å². The van der Waals surface area contributed by atoms with Crippen molar-refractivity contribution in [2.75, 3.05) is 5.32 Å². The number of hydrogen-bond donors (Lipinski definition) is 1. The topological polar surface area (TPSA) is 103 Å². The van der Waals surface area contributed by atoms with Crippen LogP contribution >= 0.6 is 11.3 Å². The number of rotatable bonds is 3. The Morgan fingerprint density at radius 1 is 1.33 bits per heavy atom. The van der Waals surface area contributed by atoms with Crippen LogP contribution in [-0.2, 0) is 4.79 Å². The molecule has 0 aliphatic heterocycles. The number of nitrogens with zero attached hydrogens (tertiary/aromatic N) is 5. The lowest BCUT2D eigenvalue weighted by atomic mass is 10.2. The van der Waals surface area contributed by atoms with Crippen LogP contribution in [0.5, 0.6) is 0 Å². The average molecular weight is 302 g/mol. The van der Waals surface area contributed by atoms with Gasteiger partial charge in [0, 0.05) is 0 Å². The number of fused-ring (bicyclic) bond motifs is 1. The van der Waals surface area contributed by atoms with Crippen molar-refractivity contribution in [3.05, 3.63) is 40.1 Å². The quantitative estimate of drug-likeness (QED) is 0.769. The molecule has 0 fully saturated rings. The summed E-state index contributed by atoms with van der Waals surface area (Å²) in [6, 6.07) is 6.05. The van der Waals surface area contributed by atoms with Crippen LogP contribution in [0.25, 0.3) is 10.9 Å². The van der Waals surface area contributed by atoms with Gasteiger partial charge in [-0.3, -0.25) is 14.9 Å². The van der Waals surface area contributed by atoms with E-state index >= 15 is 0 Å². The summed E-state index contributed by atoms with van der Waals surface area (Å²) in [6.45, 7) is 1.57. The molecule has 1 N–H and O–H groups in total. The van der Waals surface area contributed by atoms with E-state index in [1.807, 2.05) is 0 Å². The Morgan fingerprint density at radius 3 is 2.90 bits per heavy atom. The maximum atomic E-state index is 12.3. The molecule has 0 aliphatic rings. The molecular formula is C12H10N6O2S. The van der Waals surface area contributed by atoms with Crippen LogP contribution < -0.4 is 10.9 Å². The van der Waals surface area contributed by atoms with Gasteiger partial charge in [0.15, 0.2) is 0 Å². The van der Waals surface area contributed by atoms with Gasteiger partial charge in [0.05, 0.1) is 5.39 Å². The summed E-state index contributed by atoms with van der Waals surface area (Å²) in [7, 11) is 0. The Labute approximate surface area is 122 Å². The normalized spacial score (nSPS) is 12.2. The number of anilines is 1. The highest BCUT2D eigenvalue weighted by molar-refractivity contribution is 7.13. The molecule has 0 radical (unpaired) electrons. The Balaban J connectivity index is 1.94. The minimum absolute atomic E-state index is 0.361. The molecule has 2 heterocycles. The predicted octanol–water partition coefficient (Wildman–Crippen LogP) is 0.843. The summed E-state index contributed by atoms with van der Waals surface area (Å²) in [5.74, 6) is -0.404. The van der Waals surface area contributed by atoms with E-state index in [1.165, 1.54) is 16.8 Å². The molecule has 3 rings (SSSR count). The number of benzene rings is 1. The van der Waals surface area contributed by atoms with Crippen molar-refractivity contribution in [1.29, 1.82) is 0 Å². The average Bonchev–Trinajstić information content (AvgIpc) is 3.00. The lowest BCUT2D eigenvalue weighted by molar-refractivity contribution is -0.119. The first kappa shape index (κ1) is 13.3. The van der Waals surface area contributed by atoms with Gasteiger partial charge in [0.2, 0.25) is 5.13 Å². The molecule has 1 amide bonds. The molecule has 21 heavy (non-hydrogen) atoms. The van der Waals surface area contributed by atoms with E-state index in [2.05, 4.69) is 25.8 Å². The molecule has 0 aliphatic carbocycles. The lowest BCUT2D eigenvalue weighted by Gasteiger charge is -2.12. The standard InChI is InChI=1S/C12H10N6O2S/c1-7(10(19)14-12-16-13-6-21-12)18-11(20)8-4-2-3-5-9(8)15-17-18/h2-7H,1H3,(H,14,16,19)/t7-/m1/s1. The second kappa shape index (κ2) is 5.37. The van der Waals surface area contributed by atoms with Gasteiger partial charge in [-0.15, -0.1) is 15.3 Å². The van der Waals surface area contributed by atoms with Crippen LogP contribution in [0.2, 0.25) is 0 Å². The second-order valence-electron chi connectivity index (χ2n) is 4.27. The van der Waals surface area contributed by atoms with Crippen LogP contribution in [0.15, 0.2) is 34.6 Å². The van der Waals surface area contributed by atoms with Gasteiger partial charge in [0.25, 0.3) is 11.5 Å². The zero-order valence-corrected chi connectivity index (χ0v) is 11.7. The van der Waals surface area contributed by atoms with Crippen molar-refractivity contribution >= 4 is 33.3 Å². The van der Waals surface area contributed by atoms with Gasteiger partial charge >= 0.3 is 0 Å². The molecule has 1 atom stereocenters. The van der Waals surface area contributed by atoms with Crippen LogP contribution in [0.4, 0.5) is 5.13 Å². The highest BCUT2D eigenvalue weighted by atomic mass is 32.1. The molecule has 0 spiro atoms. The van der Waals surface area contributed by atoms with Gasteiger partial charge in [-0.05, 0) is 19.1 Å². The summed E-state index contributed by atoms with van der Waals surface area (Å²) >= 11 is 1.19. The number of carbonyl (C=O) groups excluding carboxylic acids is 1. The lowest BCUT2D eigenvalue weighted by Crippen LogP contribution is -2.34. The van der Waals surface area contributed by atoms with E-state index < -0.39 is 11.9 Å². The fourth-order valence-corrected chi connectivity index (χ4v) is 2.25. The molecule has 3 aromatic rings. The maximum absolute atomic E-state index is 12.3. The van der Waals surface area contributed by atoms with Gasteiger partial charge in [0.1, 0.15) is 17.1 Å². The van der Waals surface area contributed by atoms with Crippen molar-refractivity contribution in [2.24, 2.45) is 0 Å². The highest BCUT2D eigenvalue weighted by Gasteiger charge is 2.20. The smallest absolute Gasteiger partial charge is 0.278 e. The summed E-state index contributed by atoms with van der Waals surface area (Å²) in [5.41, 5.74) is 1.64. The fourth-order valence-electron chi connectivity index (χ4n) is 1.80. The SMILES string of the molecule is C[C@H](C(=O)Nc1nncs1)n1nnc2ccccc2c1=O. The number of carbonyl (C=O) groups is 1. The molecule has 106 valence electrons. The van der Waals surface area contributed by atoms with Crippen LogP contribution in [0.3, 0.4) is 0 Å². The Hall–Kier alpha value is -2.68. The minimum atomic E-state index is -0.807. The minimum Gasteiger partial charge on any atom is -0.299 e. The summed E-state index contributed by atoms with van der Waals surface area (Å²) in [4.78, 5) is 24.4. The highest BCUT2D eigenvalue weighted by Crippen LogP contribution is 2.12. The molecule has 0 bridgehead atoms. The molecule has 0 unspecified atom stereocenters.